The first-order chi connectivity index (χ1) is 12.6. The number of aliphatic hydroxyl groups excluding tert-OH is 1. The molecule has 4 nitrogen and oxygen atoms in total. The lowest BCUT2D eigenvalue weighted by Gasteiger charge is -2.38. The fourth-order valence-electron chi connectivity index (χ4n) is 4.15. The standard InChI is InChI=1S/C20H21Cl2N3O/c1-11(21)20(26)15(22)6-7-16-12-4-2-3-5-13(12)19-14-10-23-25-17(14)8-9-18(19)24-16/h6-10,14,16-17,24-26H,1-5H2/b7-6+,20-15-. The predicted octanol–water partition coefficient (Wildman–Crippen LogP) is 4.54. The van der Waals surface area contributed by atoms with Gasteiger partial charge in [-0.25, -0.2) is 0 Å². The van der Waals surface area contributed by atoms with E-state index < -0.39 is 0 Å². The monoisotopic (exact) mass is 389 g/mol. The van der Waals surface area contributed by atoms with E-state index in [0.717, 1.165) is 18.5 Å². The number of rotatable bonds is 3. The van der Waals surface area contributed by atoms with Crippen LogP contribution in [0.5, 0.6) is 0 Å². The van der Waals surface area contributed by atoms with Crippen LogP contribution < -0.4 is 10.7 Å². The van der Waals surface area contributed by atoms with Gasteiger partial charge in [-0.2, -0.15) is 5.10 Å². The van der Waals surface area contributed by atoms with Gasteiger partial charge < -0.3 is 15.8 Å². The number of dihydropyridines is 1. The van der Waals surface area contributed by atoms with Crippen LogP contribution in [0.25, 0.3) is 0 Å². The molecule has 4 aliphatic rings. The maximum Gasteiger partial charge on any atom is 0.152 e. The molecule has 0 saturated heterocycles. The van der Waals surface area contributed by atoms with Crippen LogP contribution in [0.1, 0.15) is 25.7 Å². The van der Waals surface area contributed by atoms with Crippen LogP contribution in [0, 0.1) is 5.92 Å². The van der Waals surface area contributed by atoms with Crippen molar-refractivity contribution < 1.29 is 5.11 Å². The van der Waals surface area contributed by atoms with Crippen molar-refractivity contribution >= 4 is 29.4 Å². The van der Waals surface area contributed by atoms with Gasteiger partial charge in [-0.05, 0) is 54.6 Å². The normalized spacial score (nSPS) is 30.5. The van der Waals surface area contributed by atoms with Gasteiger partial charge in [0.25, 0.3) is 0 Å². The predicted molar refractivity (Wildman–Crippen MR) is 107 cm³/mol. The number of nitrogens with one attached hydrogen (secondary N) is 2. The largest absolute Gasteiger partial charge is 0.505 e. The quantitative estimate of drug-likeness (QED) is 0.490. The number of nitrogens with zero attached hydrogens (tertiary/aromatic N) is 1. The molecule has 2 aliphatic carbocycles. The maximum atomic E-state index is 9.84. The fraction of sp³-hybridized carbons (Fsp3) is 0.350. The van der Waals surface area contributed by atoms with Gasteiger partial charge in [0.2, 0.25) is 0 Å². The summed E-state index contributed by atoms with van der Waals surface area (Å²) in [7, 11) is 0. The molecule has 0 aromatic heterocycles. The van der Waals surface area contributed by atoms with Crippen molar-refractivity contribution in [2.45, 2.75) is 37.8 Å². The number of aliphatic hydroxyl groups is 1. The van der Waals surface area contributed by atoms with Crippen LogP contribution in [0.2, 0.25) is 0 Å². The first-order valence-electron chi connectivity index (χ1n) is 8.88. The summed E-state index contributed by atoms with van der Waals surface area (Å²) in [5, 5.41) is 18.0. The Labute approximate surface area is 163 Å². The Kier molecular flexibility index (Phi) is 4.72. The maximum absolute atomic E-state index is 9.84. The molecule has 3 atom stereocenters. The first-order valence-corrected chi connectivity index (χ1v) is 9.63. The molecule has 2 aliphatic heterocycles. The molecule has 3 N–H and O–H groups in total. The Hall–Kier alpha value is -1.91. The number of fused-ring (bicyclic) bond motifs is 3. The summed E-state index contributed by atoms with van der Waals surface area (Å²) in [6.45, 7) is 3.50. The van der Waals surface area contributed by atoms with Gasteiger partial charge in [0.1, 0.15) is 0 Å². The van der Waals surface area contributed by atoms with Crippen LogP contribution in [-0.4, -0.2) is 23.4 Å². The van der Waals surface area contributed by atoms with Crippen molar-refractivity contribution in [3.63, 3.8) is 0 Å². The Morgan fingerprint density at radius 3 is 2.92 bits per heavy atom. The topological polar surface area (TPSA) is 56.6 Å². The summed E-state index contributed by atoms with van der Waals surface area (Å²) >= 11 is 11.9. The Morgan fingerprint density at radius 2 is 2.12 bits per heavy atom. The molecule has 3 unspecified atom stereocenters. The van der Waals surface area contributed by atoms with Crippen molar-refractivity contribution in [3.05, 3.63) is 69.1 Å². The summed E-state index contributed by atoms with van der Waals surface area (Å²) in [6, 6.07) is 0.309. The van der Waals surface area contributed by atoms with Crippen LogP contribution in [0.15, 0.2) is 74.2 Å². The highest BCUT2D eigenvalue weighted by Crippen LogP contribution is 2.42. The third kappa shape index (κ3) is 3.01. The van der Waals surface area contributed by atoms with Crippen molar-refractivity contribution in [1.82, 2.24) is 10.7 Å². The first kappa shape index (κ1) is 17.5. The van der Waals surface area contributed by atoms with E-state index >= 15 is 0 Å². The van der Waals surface area contributed by atoms with E-state index in [4.69, 9.17) is 23.2 Å². The third-order valence-corrected chi connectivity index (χ3v) is 5.86. The van der Waals surface area contributed by atoms with E-state index in [-0.39, 0.29) is 27.9 Å². The Balaban J connectivity index is 1.69. The smallest absolute Gasteiger partial charge is 0.152 e. The minimum atomic E-state index is -0.188. The van der Waals surface area contributed by atoms with Gasteiger partial charge in [0.05, 0.1) is 22.1 Å². The number of allylic oxidation sites excluding steroid dienone is 5. The zero-order valence-electron chi connectivity index (χ0n) is 14.3. The van der Waals surface area contributed by atoms with Crippen LogP contribution in [0.3, 0.4) is 0 Å². The second-order valence-corrected chi connectivity index (χ2v) is 7.80. The van der Waals surface area contributed by atoms with Gasteiger partial charge >= 0.3 is 0 Å². The second kappa shape index (κ2) is 7.01. The minimum Gasteiger partial charge on any atom is -0.505 e. The highest BCUT2D eigenvalue weighted by Gasteiger charge is 2.37. The summed E-state index contributed by atoms with van der Waals surface area (Å²) in [5.74, 6) is 0.106. The molecule has 0 bridgehead atoms. The van der Waals surface area contributed by atoms with E-state index in [0.29, 0.717) is 5.92 Å². The van der Waals surface area contributed by atoms with Crippen molar-refractivity contribution in [2.75, 3.05) is 0 Å². The average molecular weight is 390 g/mol. The van der Waals surface area contributed by atoms with Gasteiger partial charge in [0.15, 0.2) is 5.76 Å². The molecule has 2 heterocycles. The Morgan fingerprint density at radius 1 is 1.31 bits per heavy atom. The van der Waals surface area contributed by atoms with E-state index in [1.807, 2.05) is 12.3 Å². The van der Waals surface area contributed by atoms with Gasteiger partial charge in [0, 0.05) is 17.8 Å². The molecule has 0 spiro atoms. The second-order valence-electron chi connectivity index (χ2n) is 6.94. The highest BCUT2D eigenvalue weighted by atomic mass is 35.5. The molecule has 0 saturated carbocycles. The van der Waals surface area contributed by atoms with Crippen LogP contribution in [0.4, 0.5) is 0 Å². The Bertz CT molecular complexity index is 832. The lowest BCUT2D eigenvalue weighted by Crippen LogP contribution is -2.40. The molecule has 0 amide bonds. The molecule has 136 valence electrons. The fourth-order valence-corrected chi connectivity index (χ4v) is 4.48. The third-order valence-electron chi connectivity index (χ3n) is 5.38. The lowest BCUT2D eigenvalue weighted by atomic mass is 9.73. The zero-order chi connectivity index (χ0) is 18.3. The van der Waals surface area contributed by atoms with E-state index in [1.54, 1.807) is 6.08 Å². The van der Waals surface area contributed by atoms with Crippen molar-refractivity contribution in [3.8, 4) is 0 Å². The number of hydrazone groups is 1. The van der Waals surface area contributed by atoms with E-state index in [9.17, 15) is 5.11 Å². The number of hydrogen-bond acceptors (Lipinski definition) is 4. The molecule has 4 rings (SSSR count). The van der Waals surface area contributed by atoms with Crippen LogP contribution in [-0.2, 0) is 0 Å². The molecular weight excluding hydrogens is 369 g/mol. The molecule has 0 aromatic carbocycles. The molecule has 6 heteroatoms. The molecule has 0 aromatic rings. The SMILES string of the molecule is C=C(Cl)/C(O)=C(Cl)\C=C\C1NC2=C(C3=C1CCCC3)C1C=NNC1C=C2. The van der Waals surface area contributed by atoms with Gasteiger partial charge in [-0.1, -0.05) is 41.9 Å². The highest BCUT2D eigenvalue weighted by molar-refractivity contribution is 6.35. The van der Waals surface area contributed by atoms with Crippen molar-refractivity contribution in [1.29, 1.82) is 0 Å². The van der Waals surface area contributed by atoms with Crippen molar-refractivity contribution in [2.24, 2.45) is 11.0 Å². The molecule has 0 radical (unpaired) electrons. The van der Waals surface area contributed by atoms with Gasteiger partial charge in [-0.15, -0.1) is 0 Å². The number of hydrogen-bond donors (Lipinski definition) is 3. The van der Waals surface area contributed by atoms with Crippen LogP contribution >= 0.6 is 23.2 Å². The van der Waals surface area contributed by atoms with E-state index in [1.165, 1.54) is 29.6 Å². The molecule has 26 heavy (non-hydrogen) atoms. The zero-order valence-corrected chi connectivity index (χ0v) is 15.8. The van der Waals surface area contributed by atoms with Gasteiger partial charge in [-0.3, -0.25) is 0 Å². The molecular formula is C20H21Cl2N3O. The van der Waals surface area contributed by atoms with E-state index in [2.05, 4.69) is 34.6 Å². The number of halogens is 2. The summed E-state index contributed by atoms with van der Waals surface area (Å²) in [6.07, 6.45) is 14.6. The lowest BCUT2D eigenvalue weighted by molar-refractivity contribution is 0.428. The molecule has 0 fully saturated rings. The summed E-state index contributed by atoms with van der Waals surface area (Å²) < 4.78 is 0. The average Bonchev–Trinajstić information content (AvgIpc) is 3.13. The summed E-state index contributed by atoms with van der Waals surface area (Å²) in [4.78, 5) is 0. The minimum absolute atomic E-state index is 0.0353. The summed E-state index contributed by atoms with van der Waals surface area (Å²) in [5.41, 5.74) is 8.58.